The van der Waals surface area contributed by atoms with Gasteiger partial charge in [-0.15, -0.1) is 0 Å². The SMILES string of the molecule is NS(=O)(=O)c1ccc(NCCC2=CCNCC2)c(F)c1. The fourth-order valence-corrected chi connectivity index (χ4v) is 2.60. The van der Waals surface area contributed by atoms with E-state index in [2.05, 4.69) is 16.7 Å². The number of anilines is 1. The molecule has 0 fully saturated rings. The lowest BCUT2D eigenvalue weighted by atomic mass is 10.1. The van der Waals surface area contributed by atoms with E-state index in [4.69, 9.17) is 5.14 Å². The van der Waals surface area contributed by atoms with E-state index in [9.17, 15) is 12.8 Å². The Balaban J connectivity index is 1.95. The number of benzene rings is 1. The smallest absolute Gasteiger partial charge is 0.238 e. The number of halogens is 1. The van der Waals surface area contributed by atoms with Gasteiger partial charge in [0, 0.05) is 13.1 Å². The lowest BCUT2D eigenvalue weighted by Crippen LogP contribution is -2.21. The molecule has 1 heterocycles. The van der Waals surface area contributed by atoms with Crippen molar-refractivity contribution in [1.82, 2.24) is 5.32 Å². The van der Waals surface area contributed by atoms with Crippen LogP contribution in [0.15, 0.2) is 34.7 Å². The molecule has 1 aromatic rings. The molecule has 5 nitrogen and oxygen atoms in total. The van der Waals surface area contributed by atoms with Crippen molar-refractivity contribution in [2.24, 2.45) is 5.14 Å². The van der Waals surface area contributed by atoms with Gasteiger partial charge in [0.25, 0.3) is 0 Å². The molecule has 0 bridgehead atoms. The largest absolute Gasteiger partial charge is 0.382 e. The highest BCUT2D eigenvalue weighted by Crippen LogP contribution is 2.19. The van der Waals surface area contributed by atoms with Crippen LogP contribution in [0.25, 0.3) is 0 Å². The summed E-state index contributed by atoms with van der Waals surface area (Å²) in [7, 11) is -3.86. The zero-order valence-electron chi connectivity index (χ0n) is 11.0. The Morgan fingerprint density at radius 2 is 2.20 bits per heavy atom. The summed E-state index contributed by atoms with van der Waals surface area (Å²) >= 11 is 0. The van der Waals surface area contributed by atoms with Gasteiger partial charge in [0.15, 0.2) is 0 Å². The maximum Gasteiger partial charge on any atom is 0.238 e. The molecule has 2 rings (SSSR count). The molecule has 110 valence electrons. The average Bonchev–Trinajstić information content (AvgIpc) is 2.40. The van der Waals surface area contributed by atoms with Crippen LogP contribution in [0.5, 0.6) is 0 Å². The van der Waals surface area contributed by atoms with Crippen LogP contribution >= 0.6 is 0 Å². The highest BCUT2D eigenvalue weighted by Gasteiger charge is 2.11. The third-order valence-corrected chi connectivity index (χ3v) is 4.10. The van der Waals surface area contributed by atoms with Crippen molar-refractivity contribution < 1.29 is 12.8 Å². The van der Waals surface area contributed by atoms with E-state index in [1.165, 1.54) is 17.7 Å². The molecule has 7 heteroatoms. The van der Waals surface area contributed by atoms with Crippen LogP contribution < -0.4 is 15.8 Å². The van der Waals surface area contributed by atoms with Gasteiger partial charge in [0.2, 0.25) is 10.0 Å². The van der Waals surface area contributed by atoms with Crippen LogP contribution in [0.1, 0.15) is 12.8 Å². The van der Waals surface area contributed by atoms with Gasteiger partial charge >= 0.3 is 0 Å². The summed E-state index contributed by atoms with van der Waals surface area (Å²) in [6, 6.07) is 3.62. The number of nitrogens with two attached hydrogens (primary N) is 1. The number of primary sulfonamides is 1. The molecular formula is C13H18FN3O2S. The third-order valence-electron chi connectivity index (χ3n) is 3.19. The second-order valence-corrected chi connectivity index (χ2v) is 6.24. The Morgan fingerprint density at radius 1 is 1.40 bits per heavy atom. The zero-order valence-corrected chi connectivity index (χ0v) is 11.8. The van der Waals surface area contributed by atoms with Crippen molar-refractivity contribution in [2.75, 3.05) is 25.0 Å². The fourth-order valence-electron chi connectivity index (χ4n) is 2.07. The van der Waals surface area contributed by atoms with Gasteiger partial charge in [0.05, 0.1) is 10.6 Å². The molecule has 0 radical (unpaired) electrons. The first-order valence-electron chi connectivity index (χ1n) is 6.41. The lowest BCUT2D eigenvalue weighted by Gasteiger charge is -2.15. The highest BCUT2D eigenvalue weighted by molar-refractivity contribution is 7.89. The summed E-state index contributed by atoms with van der Waals surface area (Å²) in [4.78, 5) is -0.221. The van der Waals surface area contributed by atoms with Crippen molar-refractivity contribution in [3.63, 3.8) is 0 Å². The van der Waals surface area contributed by atoms with Crippen LogP contribution in [0, 0.1) is 5.82 Å². The molecule has 1 aliphatic heterocycles. The van der Waals surface area contributed by atoms with Gasteiger partial charge in [-0.1, -0.05) is 11.6 Å². The summed E-state index contributed by atoms with van der Waals surface area (Å²) in [5, 5.41) is 11.1. The Hall–Kier alpha value is -1.44. The van der Waals surface area contributed by atoms with Crippen molar-refractivity contribution in [3.8, 4) is 0 Å². The fraction of sp³-hybridized carbons (Fsp3) is 0.385. The van der Waals surface area contributed by atoms with Crippen molar-refractivity contribution >= 4 is 15.7 Å². The van der Waals surface area contributed by atoms with Gasteiger partial charge in [-0.3, -0.25) is 0 Å². The van der Waals surface area contributed by atoms with Crippen molar-refractivity contribution in [1.29, 1.82) is 0 Å². The Morgan fingerprint density at radius 3 is 2.80 bits per heavy atom. The molecule has 20 heavy (non-hydrogen) atoms. The molecule has 0 amide bonds. The summed E-state index contributed by atoms with van der Waals surface area (Å²) in [6.45, 7) is 2.47. The minimum atomic E-state index is -3.86. The maximum absolute atomic E-state index is 13.7. The van der Waals surface area contributed by atoms with Crippen molar-refractivity contribution in [2.45, 2.75) is 17.7 Å². The lowest BCUT2D eigenvalue weighted by molar-refractivity contribution is 0.593. The summed E-state index contributed by atoms with van der Waals surface area (Å²) in [5.41, 5.74) is 1.63. The highest BCUT2D eigenvalue weighted by atomic mass is 32.2. The zero-order chi connectivity index (χ0) is 14.6. The van der Waals surface area contributed by atoms with Crippen LogP contribution in [0.2, 0.25) is 0 Å². The van der Waals surface area contributed by atoms with E-state index < -0.39 is 15.8 Å². The van der Waals surface area contributed by atoms with Crippen LogP contribution in [0.4, 0.5) is 10.1 Å². The first-order valence-corrected chi connectivity index (χ1v) is 7.96. The molecule has 0 saturated heterocycles. The first kappa shape index (κ1) is 15.0. The summed E-state index contributed by atoms with van der Waals surface area (Å²) < 4.78 is 35.9. The minimum absolute atomic E-state index is 0.221. The van der Waals surface area contributed by atoms with Crippen molar-refractivity contribution in [3.05, 3.63) is 35.7 Å². The van der Waals surface area contributed by atoms with Crippen LogP contribution in [0.3, 0.4) is 0 Å². The number of rotatable bonds is 5. The van der Waals surface area contributed by atoms with Gasteiger partial charge in [-0.05, 0) is 37.6 Å². The maximum atomic E-state index is 13.7. The molecule has 0 aliphatic carbocycles. The molecule has 0 saturated carbocycles. The summed E-state index contributed by atoms with van der Waals surface area (Å²) in [6.07, 6.45) is 4.00. The molecule has 4 N–H and O–H groups in total. The van der Waals surface area contributed by atoms with Gasteiger partial charge in [-0.2, -0.15) is 0 Å². The van der Waals surface area contributed by atoms with E-state index in [-0.39, 0.29) is 10.6 Å². The average molecular weight is 299 g/mol. The molecule has 0 atom stereocenters. The quantitative estimate of drug-likeness (QED) is 0.713. The monoisotopic (exact) mass is 299 g/mol. The molecule has 1 aromatic carbocycles. The number of nitrogens with one attached hydrogen (secondary N) is 2. The Labute approximate surface area is 118 Å². The molecule has 1 aliphatic rings. The van der Waals surface area contributed by atoms with Crippen LogP contribution in [-0.4, -0.2) is 28.1 Å². The second-order valence-electron chi connectivity index (χ2n) is 4.68. The topological polar surface area (TPSA) is 84.2 Å². The molecule has 0 unspecified atom stereocenters. The standard InChI is InChI=1S/C13H18FN3O2S/c14-12-9-11(20(15,18)19)1-2-13(12)17-8-5-10-3-6-16-7-4-10/h1-3,9,16-17H,4-8H2,(H2,15,18,19). The van der Waals surface area contributed by atoms with Gasteiger partial charge in [0.1, 0.15) is 5.82 Å². The predicted octanol–water partition coefficient (Wildman–Crippen LogP) is 1.19. The van der Waals surface area contributed by atoms with Gasteiger partial charge < -0.3 is 10.6 Å². The normalized spacial score (nSPS) is 15.8. The first-order chi connectivity index (χ1) is 9.47. The number of hydrogen-bond donors (Lipinski definition) is 3. The third kappa shape index (κ3) is 4.03. The second kappa shape index (κ2) is 6.34. The van der Waals surface area contributed by atoms with E-state index in [1.54, 1.807) is 0 Å². The van der Waals surface area contributed by atoms with E-state index in [1.807, 2.05) is 0 Å². The number of sulfonamides is 1. The summed E-state index contributed by atoms with van der Waals surface area (Å²) in [5.74, 6) is -0.615. The Kier molecular flexibility index (Phi) is 4.74. The molecule has 0 aromatic heterocycles. The molecule has 0 spiro atoms. The predicted molar refractivity (Wildman–Crippen MR) is 76.4 cm³/mol. The van der Waals surface area contributed by atoms with Gasteiger partial charge in [-0.25, -0.2) is 17.9 Å². The van der Waals surface area contributed by atoms with E-state index in [0.717, 1.165) is 32.0 Å². The number of hydrogen-bond acceptors (Lipinski definition) is 4. The van der Waals surface area contributed by atoms with E-state index >= 15 is 0 Å². The van der Waals surface area contributed by atoms with Crippen LogP contribution in [-0.2, 0) is 10.0 Å². The minimum Gasteiger partial charge on any atom is -0.382 e. The molecular weight excluding hydrogens is 281 g/mol. The Bertz CT molecular complexity index is 614. The van der Waals surface area contributed by atoms with E-state index in [0.29, 0.717) is 6.54 Å².